The molecule has 0 saturated carbocycles. The van der Waals surface area contributed by atoms with Crippen LogP contribution in [0.3, 0.4) is 0 Å². The van der Waals surface area contributed by atoms with Crippen LogP contribution in [0.1, 0.15) is 16.9 Å². The quantitative estimate of drug-likeness (QED) is 0.856. The molecule has 0 spiro atoms. The molecule has 92 valence electrons. The normalized spacial score (nSPS) is 9.83. The van der Waals surface area contributed by atoms with E-state index in [0.717, 1.165) is 22.8 Å². The average molecular weight is 257 g/mol. The summed E-state index contributed by atoms with van der Waals surface area (Å²) in [6, 6.07) is 12.2. The van der Waals surface area contributed by atoms with Crippen LogP contribution in [0.25, 0.3) is 0 Å². The maximum absolute atomic E-state index is 5.33. The lowest BCUT2D eigenvalue weighted by Crippen LogP contribution is -1.93. The lowest BCUT2D eigenvalue weighted by molar-refractivity contribution is 0.530. The highest BCUT2D eigenvalue weighted by Gasteiger charge is 1.97. The zero-order valence-corrected chi connectivity index (χ0v) is 10.9. The van der Waals surface area contributed by atoms with Gasteiger partial charge in [-0.3, -0.25) is 0 Å². The molecular weight excluding hydrogens is 242 g/mol. The zero-order chi connectivity index (χ0) is 12.6. The van der Waals surface area contributed by atoms with Crippen LogP contribution in [-0.2, 0) is 11.5 Å². The van der Waals surface area contributed by atoms with Gasteiger partial charge < -0.3 is 10.2 Å². The topological polar surface area (TPSA) is 39.2 Å². The lowest BCUT2D eigenvalue weighted by atomic mass is 10.1. The largest absolute Gasteiger partial charge is 0.468 e. The van der Waals surface area contributed by atoms with Crippen molar-refractivity contribution in [1.29, 1.82) is 0 Å². The Balaban J connectivity index is 1.83. The van der Waals surface area contributed by atoms with Crippen LogP contribution in [0.15, 0.2) is 47.1 Å². The van der Waals surface area contributed by atoms with E-state index >= 15 is 0 Å². The molecule has 0 unspecified atom stereocenters. The molecule has 0 fully saturated rings. The third-order valence-electron chi connectivity index (χ3n) is 2.38. The van der Waals surface area contributed by atoms with E-state index in [1.165, 1.54) is 5.56 Å². The van der Waals surface area contributed by atoms with Crippen molar-refractivity contribution in [3.05, 3.63) is 59.5 Å². The van der Waals surface area contributed by atoms with Crippen molar-refractivity contribution in [3.63, 3.8) is 0 Å². The van der Waals surface area contributed by atoms with E-state index in [-0.39, 0.29) is 0 Å². The molecule has 3 heteroatoms. The van der Waals surface area contributed by atoms with E-state index < -0.39 is 0 Å². The minimum Gasteiger partial charge on any atom is -0.468 e. The molecule has 0 amide bonds. The smallest absolute Gasteiger partial charge is 0.113 e. The van der Waals surface area contributed by atoms with Gasteiger partial charge in [-0.25, -0.2) is 0 Å². The first kappa shape index (κ1) is 12.8. The van der Waals surface area contributed by atoms with E-state index in [2.05, 4.69) is 24.0 Å². The second kappa shape index (κ2) is 6.95. The van der Waals surface area contributed by atoms with E-state index in [9.17, 15) is 0 Å². The third-order valence-corrected chi connectivity index (χ3v) is 3.41. The fourth-order valence-corrected chi connectivity index (χ4v) is 2.40. The predicted molar refractivity (Wildman–Crippen MR) is 76.1 cm³/mol. The van der Waals surface area contributed by atoms with Crippen LogP contribution in [0.5, 0.6) is 0 Å². The van der Waals surface area contributed by atoms with Gasteiger partial charge in [0.2, 0.25) is 0 Å². The number of hydrogen-bond acceptors (Lipinski definition) is 3. The molecule has 0 radical (unpaired) electrons. The molecule has 2 nitrogen and oxygen atoms in total. The Kier molecular flexibility index (Phi) is 4.95. The van der Waals surface area contributed by atoms with Gasteiger partial charge in [0, 0.05) is 11.3 Å². The standard InChI is InChI=1S/C15H15NOS/c16-9-1-3-13-5-7-14(8-6-13)11-18-12-15-4-2-10-17-15/h2,4-8,10H,9,11-12,16H2. The summed E-state index contributed by atoms with van der Waals surface area (Å²) in [4.78, 5) is 0. The molecule has 2 N–H and O–H groups in total. The molecule has 1 aromatic carbocycles. The Morgan fingerprint density at radius 3 is 2.61 bits per heavy atom. The van der Waals surface area contributed by atoms with Crippen LogP contribution in [0.4, 0.5) is 0 Å². The highest BCUT2D eigenvalue weighted by atomic mass is 32.2. The molecule has 1 aromatic heterocycles. The second-order valence-corrected chi connectivity index (χ2v) is 4.76. The highest BCUT2D eigenvalue weighted by Crippen LogP contribution is 2.18. The van der Waals surface area contributed by atoms with E-state index in [1.54, 1.807) is 6.26 Å². The fraction of sp³-hybridized carbons (Fsp3) is 0.200. The third kappa shape index (κ3) is 3.99. The molecule has 0 aliphatic rings. The molecule has 18 heavy (non-hydrogen) atoms. The molecule has 1 heterocycles. The van der Waals surface area contributed by atoms with Crippen LogP contribution < -0.4 is 5.73 Å². The molecule has 0 aliphatic carbocycles. The van der Waals surface area contributed by atoms with Crippen molar-refractivity contribution in [2.75, 3.05) is 6.54 Å². The number of furan rings is 1. The van der Waals surface area contributed by atoms with Gasteiger partial charge in [-0.15, -0.1) is 11.8 Å². The van der Waals surface area contributed by atoms with Crippen molar-refractivity contribution in [2.45, 2.75) is 11.5 Å². The summed E-state index contributed by atoms with van der Waals surface area (Å²) in [5.74, 6) is 8.76. The van der Waals surface area contributed by atoms with Crippen LogP contribution in [0, 0.1) is 11.8 Å². The van der Waals surface area contributed by atoms with Crippen LogP contribution in [0.2, 0.25) is 0 Å². The predicted octanol–water partition coefficient (Wildman–Crippen LogP) is 3.02. The van der Waals surface area contributed by atoms with E-state index in [0.29, 0.717) is 6.54 Å². The summed E-state index contributed by atoms with van der Waals surface area (Å²) in [5, 5.41) is 0. The fourth-order valence-electron chi connectivity index (χ4n) is 1.50. The van der Waals surface area contributed by atoms with Gasteiger partial charge in [0.25, 0.3) is 0 Å². The maximum atomic E-state index is 5.33. The van der Waals surface area contributed by atoms with Crippen molar-refractivity contribution in [2.24, 2.45) is 5.73 Å². The SMILES string of the molecule is NCC#Cc1ccc(CSCc2ccco2)cc1. The Labute approximate surface area is 112 Å². The highest BCUT2D eigenvalue weighted by molar-refractivity contribution is 7.97. The molecule has 0 aliphatic heterocycles. The van der Waals surface area contributed by atoms with Crippen LogP contribution in [-0.4, -0.2) is 6.54 Å². The van der Waals surface area contributed by atoms with Crippen molar-refractivity contribution in [3.8, 4) is 11.8 Å². The monoisotopic (exact) mass is 257 g/mol. The summed E-state index contributed by atoms with van der Waals surface area (Å²) >= 11 is 1.84. The number of benzene rings is 1. The van der Waals surface area contributed by atoms with Crippen molar-refractivity contribution < 1.29 is 4.42 Å². The van der Waals surface area contributed by atoms with Gasteiger partial charge in [-0.05, 0) is 29.8 Å². The van der Waals surface area contributed by atoms with Crippen molar-refractivity contribution in [1.82, 2.24) is 0 Å². The minimum atomic E-state index is 0.404. The molecule has 0 atom stereocenters. The molecule has 0 bridgehead atoms. The van der Waals surface area contributed by atoms with Crippen LogP contribution >= 0.6 is 11.8 Å². The molecule has 0 saturated heterocycles. The van der Waals surface area contributed by atoms with E-state index in [1.807, 2.05) is 36.0 Å². The Bertz CT molecular complexity index is 520. The Morgan fingerprint density at radius 1 is 1.11 bits per heavy atom. The van der Waals surface area contributed by atoms with Gasteiger partial charge >= 0.3 is 0 Å². The van der Waals surface area contributed by atoms with Gasteiger partial charge in [0.1, 0.15) is 5.76 Å². The number of nitrogens with two attached hydrogens (primary N) is 1. The maximum Gasteiger partial charge on any atom is 0.113 e. The number of hydrogen-bond donors (Lipinski definition) is 1. The minimum absolute atomic E-state index is 0.404. The zero-order valence-electron chi connectivity index (χ0n) is 10.1. The van der Waals surface area contributed by atoms with Gasteiger partial charge in [0.05, 0.1) is 18.6 Å². The van der Waals surface area contributed by atoms with E-state index in [4.69, 9.17) is 10.2 Å². The first-order valence-corrected chi connectivity index (χ1v) is 6.92. The van der Waals surface area contributed by atoms with Gasteiger partial charge in [-0.2, -0.15) is 0 Å². The molecule has 2 aromatic rings. The summed E-state index contributed by atoms with van der Waals surface area (Å²) in [6.07, 6.45) is 1.71. The number of rotatable bonds is 4. The number of thioether (sulfide) groups is 1. The molecule has 2 rings (SSSR count). The Hall–Kier alpha value is -1.63. The summed E-state index contributed by atoms with van der Waals surface area (Å²) in [7, 11) is 0. The summed E-state index contributed by atoms with van der Waals surface area (Å²) in [6.45, 7) is 0.404. The first-order valence-electron chi connectivity index (χ1n) is 5.76. The average Bonchev–Trinajstić information content (AvgIpc) is 2.91. The van der Waals surface area contributed by atoms with Gasteiger partial charge in [-0.1, -0.05) is 24.0 Å². The van der Waals surface area contributed by atoms with Gasteiger partial charge in [0.15, 0.2) is 0 Å². The summed E-state index contributed by atoms with van der Waals surface area (Å²) < 4.78 is 5.28. The first-order chi connectivity index (χ1) is 8.88. The lowest BCUT2D eigenvalue weighted by Gasteiger charge is -2.00. The molecular formula is C15H15NOS. The Morgan fingerprint density at radius 2 is 1.94 bits per heavy atom. The second-order valence-electron chi connectivity index (χ2n) is 3.77. The van der Waals surface area contributed by atoms with Crippen molar-refractivity contribution >= 4 is 11.8 Å². The summed E-state index contributed by atoms with van der Waals surface area (Å²) in [5.41, 5.74) is 7.64.